The molecule has 0 spiro atoms. The number of imide groups is 1. The maximum absolute atomic E-state index is 13.9. The van der Waals surface area contributed by atoms with Crippen LogP contribution < -0.4 is 5.32 Å². The fourth-order valence-corrected chi connectivity index (χ4v) is 5.41. The van der Waals surface area contributed by atoms with Gasteiger partial charge in [0.05, 0.1) is 11.1 Å². The van der Waals surface area contributed by atoms with Crippen molar-refractivity contribution in [3.05, 3.63) is 105 Å². The molecule has 3 aromatic rings. The van der Waals surface area contributed by atoms with Gasteiger partial charge in [0, 0.05) is 48.1 Å². The first-order chi connectivity index (χ1) is 19.8. The Labute approximate surface area is 250 Å². The van der Waals surface area contributed by atoms with Crippen LogP contribution in [0.5, 0.6) is 0 Å². The Hall–Kier alpha value is -3.68. The lowest BCUT2D eigenvalue weighted by Crippen LogP contribution is -2.50. The number of halogens is 2. The van der Waals surface area contributed by atoms with E-state index in [9.17, 15) is 19.2 Å². The van der Waals surface area contributed by atoms with Gasteiger partial charge in [-0.2, -0.15) is 0 Å². The van der Waals surface area contributed by atoms with Gasteiger partial charge in [-0.1, -0.05) is 85.1 Å². The van der Waals surface area contributed by atoms with Crippen LogP contribution in [-0.2, 0) is 22.6 Å². The van der Waals surface area contributed by atoms with E-state index < -0.39 is 6.04 Å². The van der Waals surface area contributed by atoms with Crippen molar-refractivity contribution in [2.75, 3.05) is 13.1 Å². The Kier molecular flexibility index (Phi) is 10.6. The zero-order valence-corrected chi connectivity index (χ0v) is 24.5. The van der Waals surface area contributed by atoms with Crippen LogP contribution in [0.1, 0.15) is 64.4 Å². The number of fused-ring (bicyclic) bond motifs is 1. The monoisotopic (exact) mass is 593 g/mol. The largest absolute Gasteiger partial charge is 0.354 e. The van der Waals surface area contributed by atoms with E-state index in [1.54, 1.807) is 42.5 Å². The fourth-order valence-electron chi connectivity index (χ4n) is 4.89. The van der Waals surface area contributed by atoms with E-state index in [1.807, 2.05) is 37.3 Å². The predicted molar refractivity (Wildman–Crippen MR) is 160 cm³/mol. The molecule has 3 aromatic carbocycles. The van der Waals surface area contributed by atoms with Crippen molar-refractivity contribution in [3.63, 3.8) is 0 Å². The van der Waals surface area contributed by atoms with E-state index in [-0.39, 0.29) is 49.6 Å². The van der Waals surface area contributed by atoms with Gasteiger partial charge >= 0.3 is 0 Å². The minimum Gasteiger partial charge on any atom is -0.354 e. The highest BCUT2D eigenvalue weighted by atomic mass is 35.5. The standard InChI is InChI=1S/C32H33Cl2N3O4/c1-2-3-18-35-30(39)28(20-22-11-5-4-6-12-22)37(21-25-26(33)15-9-16-27(25)34)29(38)17-10-19-36-31(40)23-13-7-8-14-24(23)32(36)41/h4-9,11-16,28H,2-3,10,17-21H2,1H3,(H,35,39)/t28-/m1/s1. The van der Waals surface area contributed by atoms with Gasteiger partial charge in [0.25, 0.3) is 11.8 Å². The average Bonchev–Trinajstić information content (AvgIpc) is 3.21. The molecule has 1 heterocycles. The molecule has 1 N–H and O–H groups in total. The van der Waals surface area contributed by atoms with Crippen LogP contribution >= 0.6 is 23.2 Å². The number of hydrogen-bond acceptors (Lipinski definition) is 4. The SMILES string of the molecule is CCCCNC(=O)[C@@H](Cc1ccccc1)N(Cc1c(Cl)cccc1Cl)C(=O)CCCN1C(=O)c2ccccc2C1=O. The lowest BCUT2D eigenvalue weighted by atomic mass is 10.0. The van der Waals surface area contributed by atoms with Gasteiger partial charge in [-0.05, 0) is 42.7 Å². The van der Waals surface area contributed by atoms with E-state index >= 15 is 0 Å². The molecule has 0 aromatic heterocycles. The minimum atomic E-state index is -0.826. The highest BCUT2D eigenvalue weighted by molar-refractivity contribution is 6.36. The first-order valence-electron chi connectivity index (χ1n) is 13.8. The molecule has 0 bridgehead atoms. The molecule has 41 heavy (non-hydrogen) atoms. The maximum Gasteiger partial charge on any atom is 0.261 e. The number of carbonyl (C=O) groups excluding carboxylic acids is 4. The molecular weight excluding hydrogens is 561 g/mol. The van der Waals surface area contributed by atoms with Crippen LogP contribution in [0.2, 0.25) is 10.0 Å². The molecule has 1 atom stereocenters. The predicted octanol–water partition coefficient (Wildman–Crippen LogP) is 5.93. The highest BCUT2D eigenvalue weighted by Gasteiger charge is 2.35. The second-order valence-corrected chi connectivity index (χ2v) is 10.8. The quantitative estimate of drug-likeness (QED) is 0.197. The topological polar surface area (TPSA) is 86.8 Å². The van der Waals surface area contributed by atoms with Gasteiger partial charge in [0.1, 0.15) is 6.04 Å². The Balaban J connectivity index is 1.57. The third kappa shape index (κ3) is 7.34. The van der Waals surface area contributed by atoms with E-state index in [1.165, 1.54) is 9.80 Å². The molecule has 0 unspecified atom stereocenters. The van der Waals surface area contributed by atoms with Crippen molar-refractivity contribution >= 4 is 46.8 Å². The summed E-state index contributed by atoms with van der Waals surface area (Å²) in [7, 11) is 0. The van der Waals surface area contributed by atoms with E-state index in [0.29, 0.717) is 39.7 Å². The van der Waals surface area contributed by atoms with Crippen molar-refractivity contribution in [2.24, 2.45) is 0 Å². The zero-order valence-electron chi connectivity index (χ0n) is 22.9. The molecule has 214 valence electrons. The summed E-state index contributed by atoms with van der Waals surface area (Å²) in [5.74, 6) is -1.30. The molecule has 4 rings (SSSR count). The molecule has 9 heteroatoms. The molecular formula is C32H33Cl2N3O4. The number of benzene rings is 3. The second kappa shape index (κ2) is 14.3. The van der Waals surface area contributed by atoms with Crippen molar-refractivity contribution in [1.29, 1.82) is 0 Å². The number of hydrogen-bond donors (Lipinski definition) is 1. The summed E-state index contributed by atoms with van der Waals surface area (Å²) in [5.41, 5.74) is 2.18. The van der Waals surface area contributed by atoms with Gasteiger partial charge in [0.15, 0.2) is 0 Å². The number of unbranched alkanes of at least 4 members (excludes halogenated alkanes) is 1. The Morgan fingerprint density at radius 3 is 2.07 bits per heavy atom. The third-order valence-corrected chi connectivity index (χ3v) is 7.85. The van der Waals surface area contributed by atoms with Crippen molar-refractivity contribution < 1.29 is 19.2 Å². The summed E-state index contributed by atoms with van der Waals surface area (Å²) in [6.07, 6.45) is 2.29. The second-order valence-electron chi connectivity index (χ2n) is 9.98. The molecule has 4 amide bonds. The molecule has 0 saturated carbocycles. The summed E-state index contributed by atoms with van der Waals surface area (Å²) in [6.45, 7) is 2.65. The summed E-state index contributed by atoms with van der Waals surface area (Å²) in [4.78, 5) is 55.7. The number of amides is 4. The summed E-state index contributed by atoms with van der Waals surface area (Å²) in [5, 5.41) is 3.77. The zero-order chi connectivity index (χ0) is 29.4. The van der Waals surface area contributed by atoms with Crippen molar-refractivity contribution in [1.82, 2.24) is 15.1 Å². The Morgan fingerprint density at radius 1 is 0.854 bits per heavy atom. The Morgan fingerprint density at radius 2 is 1.46 bits per heavy atom. The van der Waals surface area contributed by atoms with Crippen LogP contribution in [0.25, 0.3) is 0 Å². The lowest BCUT2D eigenvalue weighted by Gasteiger charge is -2.32. The van der Waals surface area contributed by atoms with Crippen molar-refractivity contribution in [2.45, 2.75) is 51.6 Å². The van der Waals surface area contributed by atoms with Crippen LogP contribution in [0.15, 0.2) is 72.8 Å². The molecule has 7 nitrogen and oxygen atoms in total. The summed E-state index contributed by atoms with van der Waals surface area (Å²) < 4.78 is 0. The van der Waals surface area contributed by atoms with Gasteiger partial charge in [0.2, 0.25) is 11.8 Å². The van der Waals surface area contributed by atoms with E-state index in [0.717, 1.165) is 18.4 Å². The summed E-state index contributed by atoms with van der Waals surface area (Å²) >= 11 is 13.0. The first kappa shape index (κ1) is 30.3. The van der Waals surface area contributed by atoms with Gasteiger partial charge < -0.3 is 10.2 Å². The maximum atomic E-state index is 13.9. The average molecular weight is 595 g/mol. The smallest absolute Gasteiger partial charge is 0.261 e. The number of rotatable bonds is 13. The lowest BCUT2D eigenvalue weighted by molar-refractivity contribution is -0.141. The van der Waals surface area contributed by atoms with E-state index in [4.69, 9.17) is 23.2 Å². The van der Waals surface area contributed by atoms with Gasteiger partial charge in [-0.15, -0.1) is 0 Å². The third-order valence-electron chi connectivity index (χ3n) is 7.14. The van der Waals surface area contributed by atoms with Crippen LogP contribution in [0.3, 0.4) is 0 Å². The normalized spacial score (nSPS) is 13.2. The van der Waals surface area contributed by atoms with Crippen molar-refractivity contribution in [3.8, 4) is 0 Å². The molecule has 0 aliphatic carbocycles. The van der Waals surface area contributed by atoms with Gasteiger partial charge in [-0.25, -0.2) is 0 Å². The van der Waals surface area contributed by atoms with Crippen LogP contribution in [-0.4, -0.2) is 52.6 Å². The van der Waals surface area contributed by atoms with Crippen LogP contribution in [0.4, 0.5) is 0 Å². The molecule has 0 saturated heterocycles. The number of nitrogens with zero attached hydrogens (tertiary/aromatic N) is 2. The molecule has 1 aliphatic heterocycles. The molecule has 0 fully saturated rings. The number of nitrogens with one attached hydrogen (secondary N) is 1. The van der Waals surface area contributed by atoms with Crippen LogP contribution in [0, 0.1) is 0 Å². The minimum absolute atomic E-state index is 0.0169. The summed E-state index contributed by atoms with van der Waals surface area (Å²) in [6, 6.07) is 20.5. The Bertz CT molecular complexity index is 1360. The van der Waals surface area contributed by atoms with E-state index in [2.05, 4.69) is 5.32 Å². The van der Waals surface area contributed by atoms with Gasteiger partial charge in [-0.3, -0.25) is 24.1 Å². The molecule has 1 aliphatic rings. The first-order valence-corrected chi connectivity index (χ1v) is 14.6. The fraction of sp³-hybridized carbons (Fsp3) is 0.312. The molecule has 0 radical (unpaired) electrons. The number of carbonyl (C=O) groups is 4. The highest BCUT2D eigenvalue weighted by Crippen LogP contribution is 2.28.